The lowest BCUT2D eigenvalue weighted by molar-refractivity contribution is 0.324. The average molecular weight is 466 g/mol. The Labute approximate surface area is 196 Å². The van der Waals surface area contributed by atoms with Gasteiger partial charge in [-0.15, -0.1) is 0 Å². The number of hydrazone groups is 1. The standard InChI is InChI=1S/C23H23N5O4S/c1-29-16-8-6-15(7-9-16)20-17(12-24)22(27-23(26-20)33-5)28-25-13-14-10-18(30-2)21(32-4)19(11-14)31-3/h6-11,13H,1-5H3,(H,26,27,28). The molecule has 0 spiro atoms. The Bertz CT molecular complexity index is 1170. The molecule has 3 rings (SSSR count). The van der Waals surface area contributed by atoms with Crippen LogP contribution in [0.1, 0.15) is 11.1 Å². The van der Waals surface area contributed by atoms with Crippen LogP contribution in [0, 0.1) is 11.3 Å². The molecule has 170 valence electrons. The molecule has 0 saturated carbocycles. The second kappa shape index (κ2) is 11.1. The maximum atomic E-state index is 9.84. The zero-order valence-corrected chi connectivity index (χ0v) is 19.7. The van der Waals surface area contributed by atoms with Crippen LogP contribution in [0.15, 0.2) is 46.7 Å². The van der Waals surface area contributed by atoms with Gasteiger partial charge in [0.25, 0.3) is 0 Å². The SMILES string of the molecule is COc1ccc(-c2nc(SC)nc(NN=Cc3cc(OC)c(OC)c(OC)c3)c2C#N)cc1. The summed E-state index contributed by atoms with van der Waals surface area (Å²) in [6, 6.07) is 13.0. The van der Waals surface area contributed by atoms with E-state index in [0.717, 1.165) is 5.56 Å². The quantitative estimate of drug-likeness (QED) is 0.215. The highest BCUT2D eigenvalue weighted by Gasteiger charge is 2.16. The summed E-state index contributed by atoms with van der Waals surface area (Å²) in [5.41, 5.74) is 5.12. The van der Waals surface area contributed by atoms with Crippen LogP contribution in [-0.2, 0) is 0 Å². The Morgan fingerprint density at radius 2 is 1.64 bits per heavy atom. The van der Waals surface area contributed by atoms with Gasteiger partial charge in [0.15, 0.2) is 22.5 Å². The number of nitrogens with one attached hydrogen (secondary N) is 1. The van der Waals surface area contributed by atoms with Gasteiger partial charge in [-0.25, -0.2) is 9.97 Å². The van der Waals surface area contributed by atoms with Crippen molar-refractivity contribution in [1.82, 2.24) is 9.97 Å². The molecule has 0 fully saturated rings. The van der Waals surface area contributed by atoms with Gasteiger partial charge in [-0.1, -0.05) is 11.8 Å². The van der Waals surface area contributed by atoms with Gasteiger partial charge in [-0.2, -0.15) is 10.4 Å². The van der Waals surface area contributed by atoms with E-state index in [1.54, 1.807) is 39.7 Å². The second-order valence-electron chi connectivity index (χ2n) is 6.45. The van der Waals surface area contributed by atoms with E-state index in [0.29, 0.717) is 45.2 Å². The fraction of sp³-hybridized carbons (Fsp3) is 0.217. The lowest BCUT2D eigenvalue weighted by atomic mass is 10.1. The van der Waals surface area contributed by atoms with Gasteiger partial charge in [0.2, 0.25) is 5.75 Å². The minimum atomic E-state index is 0.278. The van der Waals surface area contributed by atoms with Crippen LogP contribution in [0.2, 0.25) is 0 Å². The van der Waals surface area contributed by atoms with Crippen LogP contribution >= 0.6 is 11.8 Å². The summed E-state index contributed by atoms with van der Waals surface area (Å²) < 4.78 is 21.3. The van der Waals surface area contributed by atoms with E-state index in [1.807, 2.05) is 30.5 Å². The Hall–Kier alpha value is -3.97. The highest BCUT2D eigenvalue weighted by Crippen LogP contribution is 2.37. The summed E-state index contributed by atoms with van der Waals surface area (Å²) in [4.78, 5) is 8.95. The third kappa shape index (κ3) is 5.27. The lowest BCUT2D eigenvalue weighted by Crippen LogP contribution is -2.03. The van der Waals surface area contributed by atoms with Crippen molar-refractivity contribution in [2.24, 2.45) is 5.10 Å². The number of aromatic nitrogens is 2. The molecule has 2 aromatic carbocycles. The molecule has 1 heterocycles. The summed E-state index contributed by atoms with van der Waals surface area (Å²) in [6.45, 7) is 0. The predicted molar refractivity (Wildman–Crippen MR) is 128 cm³/mol. The van der Waals surface area contributed by atoms with Gasteiger partial charge in [0, 0.05) is 11.1 Å². The topological polar surface area (TPSA) is 111 Å². The van der Waals surface area contributed by atoms with Crippen molar-refractivity contribution >= 4 is 23.8 Å². The molecule has 0 amide bonds. The van der Waals surface area contributed by atoms with Crippen LogP contribution in [-0.4, -0.2) is 50.9 Å². The van der Waals surface area contributed by atoms with Crippen molar-refractivity contribution in [3.8, 4) is 40.3 Å². The van der Waals surface area contributed by atoms with Gasteiger partial charge in [-0.05, 0) is 42.7 Å². The largest absolute Gasteiger partial charge is 0.497 e. The molecular weight excluding hydrogens is 442 g/mol. The maximum absolute atomic E-state index is 9.84. The zero-order chi connectivity index (χ0) is 23.8. The first-order valence-electron chi connectivity index (χ1n) is 9.68. The van der Waals surface area contributed by atoms with Crippen LogP contribution in [0.3, 0.4) is 0 Å². The molecule has 0 aliphatic carbocycles. The molecule has 0 radical (unpaired) electrons. The normalized spacial score (nSPS) is 10.5. The summed E-state index contributed by atoms with van der Waals surface area (Å²) >= 11 is 1.37. The van der Waals surface area contributed by atoms with Crippen molar-refractivity contribution in [2.75, 3.05) is 40.1 Å². The van der Waals surface area contributed by atoms with E-state index in [9.17, 15) is 5.26 Å². The number of hydrogen-bond donors (Lipinski definition) is 1. The number of methoxy groups -OCH3 is 4. The molecule has 1 N–H and O–H groups in total. The third-order valence-corrected chi connectivity index (χ3v) is 5.17. The van der Waals surface area contributed by atoms with Gasteiger partial charge in [0.1, 0.15) is 17.4 Å². The Morgan fingerprint density at radius 3 is 2.15 bits per heavy atom. The van der Waals surface area contributed by atoms with E-state index in [-0.39, 0.29) is 5.56 Å². The molecule has 0 saturated heterocycles. The van der Waals surface area contributed by atoms with Crippen LogP contribution in [0.4, 0.5) is 5.82 Å². The molecule has 0 aliphatic rings. The van der Waals surface area contributed by atoms with Gasteiger partial charge in [0.05, 0.1) is 40.3 Å². The van der Waals surface area contributed by atoms with Crippen molar-refractivity contribution in [3.63, 3.8) is 0 Å². The number of rotatable bonds is 9. The molecule has 0 atom stereocenters. The van der Waals surface area contributed by atoms with Crippen LogP contribution in [0.25, 0.3) is 11.3 Å². The Morgan fingerprint density at radius 1 is 0.970 bits per heavy atom. The highest BCUT2D eigenvalue weighted by molar-refractivity contribution is 7.98. The number of nitriles is 1. The van der Waals surface area contributed by atoms with E-state index in [2.05, 4.69) is 26.6 Å². The van der Waals surface area contributed by atoms with Crippen molar-refractivity contribution in [3.05, 3.63) is 47.5 Å². The molecule has 3 aromatic rings. The third-order valence-electron chi connectivity index (χ3n) is 4.62. The van der Waals surface area contributed by atoms with Crippen molar-refractivity contribution < 1.29 is 18.9 Å². The number of hydrogen-bond acceptors (Lipinski definition) is 10. The predicted octanol–water partition coefficient (Wildman–Crippen LogP) is 4.22. The van der Waals surface area contributed by atoms with Gasteiger partial charge >= 0.3 is 0 Å². The summed E-state index contributed by atoms with van der Waals surface area (Å²) in [6.07, 6.45) is 3.43. The van der Waals surface area contributed by atoms with Crippen LogP contribution in [0.5, 0.6) is 23.0 Å². The van der Waals surface area contributed by atoms with Gasteiger partial charge in [-0.3, -0.25) is 5.43 Å². The molecular formula is C23H23N5O4S. The van der Waals surface area contributed by atoms with Crippen molar-refractivity contribution in [1.29, 1.82) is 5.26 Å². The number of ether oxygens (including phenoxy) is 4. The number of benzene rings is 2. The molecule has 1 aromatic heterocycles. The second-order valence-corrected chi connectivity index (χ2v) is 7.22. The first-order valence-corrected chi connectivity index (χ1v) is 10.9. The maximum Gasteiger partial charge on any atom is 0.203 e. The van der Waals surface area contributed by atoms with Crippen LogP contribution < -0.4 is 24.4 Å². The van der Waals surface area contributed by atoms with Gasteiger partial charge < -0.3 is 18.9 Å². The molecule has 0 aliphatic heterocycles. The zero-order valence-electron chi connectivity index (χ0n) is 18.9. The first kappa shape index (κ1) is 23.7. The van der Waals surface area contributed by atoms with E-state index in [4.69, 9.17) is 18.9 Å². The molecule has 33 heavy (non-hydrogen) atoms. The van der Waals surface area contributed by atoms with E-state index in [1.165, 1.54) is 18.9 Å². The number of thioether (sulfide) groups is 1. The number of nitrogens with zero attached hydrogens (tertiary/aromatic N) is 4. The Kier molecular flexibility index (Phi) is 7.94. The monoisotopic (exact) mass is 465 g/mol. The highest BCUT2D eigenvalue weighted by atomic mass is 32.2. The van der Waals surface area contributed by atoms with E-state index < -0.39 is 0 Å². The molecule has 0 bridgehead atoms. The summed E-state index contributed by atoms with van der Waals surface area (Å²) in [7, 11) is 6.22. The average Bonchev–Trinajstić information content (AvgIpc) is 2.87. The fourth-order valence-electron chi connectivity index (χ4n) is 3.02. The molecule has 10 heteroatoms. The summed E-state index contributed by atoms with van der Waals surface area (Å²) in [5, 5.41) is 14.6. The number of anilines is 1. The summed E-state index contributed by atoms with van der Waals surface area (Å²) in [5.74, 6) is 2.51. The fourth-order valence-corrected chi connectivity index (χ4v) is 3.39. The van der Waals surface area contributed by atoms with Crippen molar-refractivity contribution in [2.45, 2.75) is 5.16 Å². The molecule has 9 nitrogen and oxygen atoms in total. The minimum Gasteiger partial charge on any atom is -0.497 e. The molecule has 0 unspecified atom stereocenters. The minimum absolute atomic E-state index is 0.278. The lowest BCUT2D eigenvalue weighted by Gasteiger charge is -2.13. The first-order chi connectivity index (χ1) is 16.1. The Balaban J connectivity index is 1.97. The van der Waals surface area contributed by atoms with E-state index >= 15 is 0 Å². The smallest absolute Gasteiger partial charge is 0.203 e.